The van der Waals surface area contributed by atoms with Crippen molar-refractivity contribution in [2.24, 2.45) is 21.8 Å². The smallest absolute Gasteiger partial charge is 0.407 e. The normalized spacial score (nSPS) is 20.1. The van der Waals surface area contributed by atoms with Gasteiger partial charge in [-0.3, -0.25) is 19.6 Å². The molecule has 1 aliphatic carbocycles. The van der Waals surface area contributed by atoms with Gasteiger partial charge in [-0.15, -0.1) is 0 Å². The summed E-state index contributed by atoms with van der Waals surface area (Å²) in [5.41, 5.74) is 13.4. The minimum atomic E-state index is -0.858. The molecule has 2 saturated heterocycles. The van der Waals surface area contributed by atoms with E-state index < -0.39 is 30.3 Å². The number of carbonyl (C=O) groups excluding carboxylic acids is 5. The second-order valence-corrected chi connectivity index (χ2v) is 20.6. The number of carbonyl (C=O) groups is 5. The second-order valence-electron chi connectivity index (χ2n) is 20.6. The van der Waals surface area contributed by atoms with Gasteiger partial charge in [0.25, 0.3) is 0 Å². The molecule has 2 fully saturated rings. The number of allylic oxidation sites excluding steroid dienone is 2. The van der Waals surface area contributed by atoms with E-state index in [0.29, 0.717) is 39.0 Å². The standard InChI is InChI=1S/C57H64N8O7/c1-33(2)51(60-55(68)71-5)53(66)64-24-10-17-49(64)47-26-40(28-59-47)43-14-9-15-44-41(13-8-16-45(43)44)37-20-18-35(19-21-37)39-25-48(58-27-39)50-31-63(32-65(50)54(67)52(34(3)4)61-56(69)72-6)57(70)62-29-38-23-22-36-11-7-12-42(36)46(38)30-62/h8-9,13-16,18-23,27-28,33-34,49-52H,7,10-12,17,24-26,29-32H2,1-6H3,(H,60,68)(H,61,69)/t49-,50-,51-,52-/m0/s1. The molecule has 0 radical (unpaired) electrons. The molecule has 0 bridgehead atoms. The first-order valence-electron chi connectivity index (χ1n) is 25.4. The number of amides is 6. The maximum Gasteiger partial charge on any atom is 0.407 e. The molecule has 0 unspecified atom stereocenters. The molecular formula is C57H64N8O7. The number of urea groups is 1. The molecule has 6 amide bonds. The summed E-state index contributed by atoms with van der Waals surface area (Å²) >= 11 is 0. The Balaban J connectivity index is 0.834. The molecule has 15 heteroatoms. The molecule has 0 aromatic heterocycles. The van der Waals surface area contributed by atoms with E-state index in [1.807, 2.05) is 49.9 Å². The number of aliphatic imine (C=N–C) groups is 2. The number of methoxy groups -OCH3 is 2. The second kappa shape index (κ2) is 20.1. The third kappa shape index (κ3) is 9.13. The zero-order chi connectivity index (χ0) is 50.4. The number of ether oxygens (including phenoxy) is 2. The monoisotopic (exact) mass is 972 g/mol. The van der Waals surface area contributed by atoms with Crippen molar-refractivity contribution in [3.63, 3.8) is 0 Å². The average Bonchev–Trinajstić information content (AvgIpc) is 4.26. The van der Waals surface area contributed by atoms with Crippen molar-refractivity contribution in [3.8, 4) is 11.1 Å². The van der Waals surface area contributed by atoms with Crippen molar-refractivity contribution in [1.82, 2.24) is 30.2 Å². The lowest BCUT2D eigenvalue weighted by atomic mass is 9.90. The van der Waals surface area contributed by atoms with Crippen molar-refractivity contribution >= 4 is 63.4 Å². The fourth-order valence-corrected chi connectivity index (χ4v) is 11.7. The molecule has 10 rings (SSSR count). The Hall–Kier alpha value is -7.29. The van der Waals surface area contributed by atoms with E-state index in [0.717, 1.165) is 87.7 Å². The predicted molar refractivity (Wildman–Crippen MR) is 278 cm³/mol. The number of nitrogens with zero attached hydrogens (tertiary/aromatic N) is 6. The van der Waals surface area contributed by atoms with Gasteiger partial charge in [0.15, 0.2) is 0 Å². The van der Waals surface area contributed by atoms with Crippen LogP contribution in [0.2, 0.25) is 0 Å². The molecule has 72 heavy (non-hydrogen) atoms. The SMILES string of the molecule is COC(=O)N[C@H](C(=O)N1CCC[C@H]1C1=NC=C(c2cccc3c(-c4ccc(C5=CN=C([C@@H]6CN(C(=O)N7Cc8ccc9c(c8C7)CCC9)CN6C(=O)[C@@H](NC(=O)OC)C(C)C)C5)cc4)cccc23)C1)C(C)C. The highest BCUT2D eigenvalue weighted by Gasteiger charge is 2.45. The molecule has 374 valence electrons. The minimum absolute atomic E-state index is 0.0806. The quantitative estimate of drug-likeness (QED) is 0.152. The predicted octanol–water partition coefficient (Wildman–Crippen LogP) is 8.73. The van der Waals surface area contributed by atoms with Crippen molar-refractivity contribution in [3.05, 3.63) is 119 Å². The van der Waals surface area contributed by atoms with Gasteiger partial charge in [0.1, 0.15) is 12.1 Å². The van der Waals surface area contributed by atoms with E-state index in [1.165, 1.54) is 36.5 Å². The zero-order valence-corrected chi connectivity index (χ0v) is 42.1. The highest BCUT2D eigenvalue weighted by molar-refractivity contribution is 6.09. The van der Waals surface area contributed by atoms with Crippen molar-refractivity contribution in [2.75, 3.05) is 34.0 Å². The maximum absolute atomic E-state index is 14.5. The number of likely N-dealkylation sites (tertiary alicyclic amines) is 1. The van der Waals surface area contributed by atoms with Crippen LogP contribution in [0.5, 0.6) is 0 Å². The van der Waals surface area contributed by atoms with Crippen LogP contribution < -0.4 is 10.6 Å². The van der Waals surface area contributed by atoms with Crippen LogP contribution in [0.1, 0.15) is 93.2 Å². The van der Waals surface area contributed by atoms with Crippen molar-refractivity contribution in [2.45, 2.75) is 110 Å². The minimum Gasteiger partial charge on any atom is -0.453 e. The molecular weight excluding hydrogens is 909 g/mol. The van der Waals surface area contributed by atoms with Gasteiger partial charge in [-0.25, -0.2) is 14.4 Å². The maximum atomic E-state index is 14.5. The topological polar surface area (TPSA) is 166 Å². The van der Waals surface area contributed by atoms with Gasteiger partial charge in [-0.2, -0.15) is 0 Å². The number of nitrogens with one attached hydrogen (secondary N) is 2. The van der Waals surface area contributed by atoms with Gasteiger partial charge < -0.3 is 39.7 Å². The van der Waals surface area contributed by atoms with Crippen LogP contribution in [0, 0.1) is 11.8 Å². The van der Waals surface area contributed by atoms with E-state index in [9.17, 15) is 24.0 Å². The number of hydrogen-bond acceptors (Lipinski definition) is 9. The zero-order valence-electron chi connectivity index (χ0n) is 42.1. The first kappa shape index (κ1) is 48.3. The van der Waals surface area contributed by atoms with E-state index >= 15 is 0 Å². The Morgan fingerprint density at radius 3 is 1.89 bits per heavy atom. The lowest BCUT2D eigenvalue weighted by Gasteiger charge is -2.31. The van der Waals surface area contributed by atoms with E-state index in [1.54, 1.807) is 9.80 Å². The summed E-state index contributed by atoms with van der Waals surface area (Å²) < 4.78 is 9.73. The molecule has 4 aromatic rings. The number of rotatable bonds is 11. The molecule has 5 aliphatic heterocycles. The van der Waals surface area contributed by atoms with E-state index in [-0.39, 0.29) is 42.4 Å². The van der Waals surface area contributed by atoms with Gasteiger partial charge in [-0.05, 0) is 110 Å². The first-order valence-corrected chi connectivity index (χ1v) is 25.4. The van der Waals surface area contributed by atoms with Crippen molar-refractivity contribution < 1.29 is 33.4 Å². The summed E-state index contributed by atoms with van der Waals surface area (Å²) in [5.74, 6) is -0.746. The molecule has 15 nitrogen and oxygen atoms in total. The van der Waals surface area contributed by atoms with E-state index in [4.69, 9.17) is 19.5 Å². The molecule has 2 N–H and O–H groups in total. The van der Waals surface area contributed by atoms with Gasteiger partial charge in [0.05, 0.1) is 39.5 Å². The number of alkyl carbamates (subject to hydrolysis) is 2. The van der Waals surface area contributed by atoms with Crippen LogP contribution in [-0.2, 0) is 45.0 Å². The first-order chi connectivity index (χ1) is 34.8. The summed E-state index contributed by atoms with van der Waals surface area (Å²) in [7, 11) is 2.58. The van der Waals surface area contributed by atoms with Gasteiger partial charge in [0, 0.05) is 56.3 Å². The summed E-state index contributed by atoms with van der Waals surface area (Å²) in [4.78, 5) is 84.4. The molecule has 0 spiro atoms. The summed E-state index contributed by atoms with van der Waals surface area (Å²) in [6.07, 6.45) is 8.59. The summed E-state index contributed by atoms with van der Waals surface area (Å²) in [6, 6.07) is 23.4. The fourth-order valence-electron chi connectivity index (χ4n) is 11.7. The molecule has 0 saturated carbocycles. The Morgan fingerprint density at radius 2 is 1.21 bits per heavy atom. The summed E-state index contributed by atoms with van der Waals surface area (Å²) in [6.45, 7) is 9.68. The van der Waals surface area contributed by atoms with Gasteiger partial charge in [0.2, 0.25) is 11.8 Å². The number of hydrogen-bond donors (Lipinski definition) is 2. The number of fused-ring (bicyclic) bond motifs is 4. The largest absolute Gasteiger partial charge is 0.453 e. The van der Waals surface area contributed by atoms with Crippen LogP contribution in [0.3, 0.4) is 0 Å². The fraction of sp³-hybridized carbons (Fsp3) is 0.421. The number of aryl methyl sites for hydroxylation is 1. The Kier molecular flexibility index (Phi) is 13.5. The molecule has 6 aliphatic rings. The van der Waals surface area contributed by atoms with Crippen molar-refractivity contribution in [1.29, 1.82) is 0 Å². The average molecular weight is 973 g/mol. The van der Waals surface area contributed by atoms with Crippen LogP contribution >= 0.6 is 0 Å². The summed E-state index contributed by atoms with van der Waals surface area (Å²) in [5, 5.41) is 7.72. The third-order valence-corrected chi connectivity index (χ3v) is 15.6. The van der Waals surface area contributed by atoms with Crippen LogP contribution in [0.25, 0.3) is 33.0 Å². The highest BCUT2D eigenvalue weighted by atomic mass is 16.5. The Morgan fingerprint density at radius 1 is 0.611 bits per heavy atom. The number of benzene rings is 4. The van der Waals surface area contributed by atoms with Gasteiger partial charge in [-0.1, -0.05) is 100 Å². The molecule has 4 atom stereocenters. The third-order valence-electron chi connectivity index (χ3n) is 15.6. The Bertz CT molecular complexity index is 2970. The highest BCUT2D eigenvalue weighted by Crippen LogP contribution is 2.39. The lowest BCUT2D eigenvalue weighted by molar-refractivity contribution is -0.135. The molecule has 5 heterocycles. The van der Waals surface area contributed by atoms with E-state index in [2.05, 4.69) is 83.4 Å². The van der Waals surface area contributed by atoms with Gasteiger partial charge >= 0.3 is 18.2 Å². The van der Waals surface area contributed by atoms with Crippen LogP contribution in [-0.4, -0.2) is 119 Å². The van der Waals surface area contributed by atoms with Crippen LogP contribution in [0.15, 0.2) is 95.2 Å². The Labute approximate surface area is 421 Å². The lowest BCUT2D eigenvalue weighted by Crippen LogP contribution is -2.54. The van der Waals surface area contributed by atoms with Crippen LogP contribution in [0.4, 0.5) is 14.4 Å². The molecule has 4 aromatic carbocycles.